The summed E-state index contributed by atoms with van der Waals surface area (Å²) in [4.78, 5) is 17.3. The van der Waals surface area contributed by atoms with Gasteiger partial charge in [0, 0.05) is 6.42 Å². The molecule has 0 aromatic rings. The smallest absolute Gasteiger partial charge is 0.508 e. The molecule has 1 N–H and O–H groups in total. The lowest BCUT2D eigenvalue weighted by Gasteiger charge is -2.58. The van der Waals surface area contributed by atoms with E-state index in [1.807, 2.05) is 21.1 Å². The molecule has 0 aromatic heterocycles. The van der Waals surface area contributed by atoms with Gasteiger partial charge in [0.25, 0.3) is 0 Å². The third kappa shape index (κ3) is 9.79. The molecule has 0 aromatic carbocycles. The van der Waals surface area contributed by atoms with Crippen molar-refractivity contribution in [3.05, 3.63) is 11.6 Å². The maximum atomic E-state index is 12.4. The molecule has 3 fully saturated rings. The molecule has 4 aliphatic rings. The predicted molar refractivity (Wildman–Crippen MR) is 176 cm³/mol. The van der Waals surface area contributed by atoms with Crippen molar-refractivity contribution in [2.45, 2.75) is 111 Å². The van der Waals surface area contributed by atoms with Crippen molar-refractivity contribution < 1.29 is 42.9 Å². The van der Waals surface area contributed by atoms with E-state index < -0.39 is 14.4 Å². The summed E-state index contributed by atoms with van der Waals surface area (Å²) in [5.41, 5.74) is 2.20. The van der Waals surface area contributed by atoms with Crippen LogP contribution in [0.4, 0.5) is 4.79 Å². The second-order valence-electron chi connectivity index (χ2n) is 16.4. The molecule has 9 atom stereocenters. The van der Waals surface area contributed by atoms with Crippen LogP contribution in [-0.4, -0.2) is 69.7 Å². The Balaban J connectivity index is 0.00000552. The van der Waals surface area contributed by atoms with Crippen LogP contribution in [0.3, 0.4) is 0 Å². The maximum absolute atomic E-state index is 12.4. The first-order chi connectivity index (χ1) is 20.7. The number of rotatable bonds is 15. The van der Waals surface area contributed by atoms with Crippen molar-refractivity contribution in [2.75, 3.05) is 47.5 Å². The fourth-order valence-electron chi connectivity index (χ4n) is 9.60. The van der Waals surface area contributed by atoms with Gasteiger partial charge in [0.1, 0.15) is 32.5 Å². The number of nitrogens with zero attached hydrogens (tertiary/aromatic N) is 1. The van der Waals surface area contributed by atoms with E-state index in [2.05, 4.69) is 40.7 Å². The molecule has 0 spiro atoms. The van der Waals surface area contributed by atoms with Gasteiger partial charge in [-0.3, -0.25) is 4.57 Å². The monoisotopic (exact) mass is 657 g/mol. The lowest BCUT2D eigenvalue weighted by molar-refractivity contribution is -0.870. The molecule has 0 bridgehead atoms. The SMILES string of the molecule is CC(C)CCC[C@@H](C)[C@H]1CCC2C3CC=C4C[C@@H](OC(=O)OCCOO[PH](=O)OCC[N+](C)(C)C)CC[C@]4(C)C3CC[C@@]21C.[OH-]. The molecule has 4 rings (SSSR count). The number of ether oxygens (including phenoxy) is 2. The summed E-state index contributed by atoms with van der Waals surface area (Å²) < 4.78 is 33.3. The summed E-state index contributed by atoms with van der Waals surface area (Å²) in [6, 6.07) is 0. The Bertz CT molecular complexity index is 1010. The van der Waals surface area contributed by atoms with Crippen molar-refractivity contribution in [3.63, 3.8) is 0 Å². The molecule has 0 aliphatic heterocycles. The Morgan fingerprint density at radius 3 is 2.47 bits per heavy atom. The number of hydrogen-bond donors (Lipinski definition) is 0. The van der Waals surface area contributed by atoms with Crippen LogP contribution >= 0.6 is 8.25 Å². The van der Waals surface area contributed by atoms with E-state index in [-0.39, 0.29) is 30.2 Å². The Hall–Kier alpha value is -0.960. The number of allylic oxidation sites excluding steroid dienone is 1. The zero-order chi connectivity index (χ0) is 32.1. The lowest BCUT2D eigenvalue weighted by atomic mass is 9.47. The molecule has 0 amide bonds. The van der Waals surface area contributed by atoms with Gasteiger partial charge in [-0.1, -0.05) is 65.5 Å². The van der Waals surface area contributed by atoms with Gasteiger partial charge >= 0.3 is 14.4 Å². The molecule has 262 valence electrons. The topological polar surface area (TPSA) is 110 Å². The van der Waals surface area contributed by atoms with Gasteiger partial charge in [-0.15, -0.1) is 0 Å². The normalized spacial score (nSPS) is 34.1. The summed E-state index contributed by atoms with van der Waals surface area (Å²) in [7, 11) is 3.32. The van der Waals surface area contributed by atoms with Gasteiger partial charge in [-0.05, 0) is 91.3 Å². The van der Waals surface area contributed by atoms with Gasteiger partial charge in [-0.25, -0.2) is 9.68 Å². The highest BCUT2D eigenvalue weighted by Gasteiger charge is 2.59. The van der Waals surface area contributed by atoms with E-state index in [9.17, 15) is 9.36 Å². The van der Waals surface area contributed by atoms with Crippen LogP contribution in [-0.2, 0) is 28.1 Å². The van der Waals surface area contributed by atoms with E-state index in [0.717, 1.165) is 54.8 Å². The maximum Gasteiger partial charge on any atom is 0.508 e. The van der Waals surface area contributed by atoms with Crippen molar-refractivity contribution >= 4 is 14.4 Å². The molecular formula is C35H64NO8P. The molecule has 10 heteroatoms. The largest absolute Gasteiger partial charge is 0.870 e. The number of hydrogen-bond acceptors (Lipinski definition) is 8. The fraction of sp³-hybridized carbons (Fsp3) is 0.914. The lowest BCUT2D eigenvalue weighted by Crippen LogP contribution is -2.51. The van der Waals surface area contributed by atoms with Crippen LogP contribution in [0, 0.1) is 46.3 Å². The summed E-state index contributed by atoms with van der Waals surface area (Å²) >= 11 is 0. The Morgan fingerprint density at radius 2 is 1.76 bits per heavy atom. The summed E-state index contributed by atoms with van der Waals surface area (Å²) in [5.74, 6) is 4.89. The molecule has 9 nitrogen and oxygen atoms in total. The van der Waals surface area contributed by atoms with Crippen molar-refractivity contribution in [1.29, 1.82) is 0 Å². The zero-order valence-electron chi connectivity index (χ0n) is 29.5. The molecule has 45 heavy (non-hydrogen) atoms. The van der Waals surface area contributed by atoms with E-state index in [1.165, 1.54) is 56.9 Å². The molecule has 0 saturated heterocycles. The van der Waals surface area contributed by atoms with Crippen molar-refractivity contribution in [3.8, 4) is 0 Å². The Kier molecular flexibility index (Phi) is 14.1. The molecular weight excluding hydrogens is 593 g/mol. The highest BCUT2D eigenvalue weighted by Crippen LogP contribution is 2.67. The Labute approximate surface area is 273 Å². The summed E-state index contributed by atoms with van der Waals surface area (Å²) in [6.45, 7) is 13.3. The first kappa shape index (κ1) is 38.5. The van der Waals surface area contributed by atoms with Crippen LogP contribution in [0.2, 0.25) is 0 Å². The third-order valence-electron chi connectivity index (χ3n) is 12.0. The minimum absolute atomic E-state index is 0. The molecule has 0 radical (unpaired) electrons. The molecule has 3 saturated carbocycles. The van der Waals surface area contributed by atoms with E-state index in [1.54, 1.807) is 0 Å². The van der Waals surface area contributed by atoms with Gasteiger partial charge in [-0.2, -0.15) is 4.67 Å². The standard InChI is InChI=1S/C35H63NO7P.H2O/c1-25(2)10-9-11-26(3)30-14-15-31-29-13-12-27-24-28(16-18-34(27,4)32(29)17-19-35(30,31)5)42-33(37)39-22-23-40-43-44(38)41-21-20-36(6,7)8;/h12,25-26,28-32,44H,9-11,13-24H2,1-8H3;1H2/q+1;/p-1/t26-,28+,29?,30-,31?,32?,34+,35-;/m1./s1. The third-order valence-corrected chi connectivity index (χ3v) is 12.7. The van der Waals surface area contributed by atoms with Crippen LogP contribution in [0.1, 0.15) is 105 Å². The second kappa shape index (κ2) is 16.4. The second-order valence-corrected chi connectivity index (χ2v) is 17.3. The number of carbonyl (C=O) groups is 1. The van der Waals surface area contributed by atoms with Crippen LogP contribution in [0.5, 0.6) is 0 Å². The summed E-state index contributed by atoms with van der Waals surface area (Å²) in [6.07, 6.45) is 15.3. The quantitative estimate of drug-likeness (QED) is 0.0328. The van der Waals surface area contributed by atoms with Gasteiger partial charge in [0.2, 0.25) is 0 Å². The minimum Gasteiger partial charge on any atom is -0.870 e. The van der Waals surface area contributed by atoms with Gasteiger partial charge < -0.3 is 24.0 Å². The van der Waals surface area contributed by atoms with Gasteiger partial charge in [0.05, 0.1) is 21.1 Å². The van der Waals surface area contributed by atoms with Gasteiger partial charge in [0.15, 0.2) is 0 Å². The van der Waals surface area contributed by atoms with Crippen LogP contribution in [0.25, 0.3) is 0 Å². The van der Waals surface area contributed by atoms with E-state index in [4.69, 9.17) is 23.6 Å². The van der Waals surface area contributed by atoms with E-state index in [0.29, 0.717) is 23.0 Å². The number of likely N-dealkylation sites (N-methyl/N-ethyl adjacent to an activating group) is 1. The predicted octanol–water partition coefficient (Wildman–Crippen LogP) is 8.43. The summed E-state index contributed by atoms with van der Waals surface area (Å²) in [5, 5.41) is 0. The van der Waals surface area contributed by atoms with Crippen molar-refractivity contribution in [1.82, 2.24) is 0 Å². The average molecular weight is 658 g/mol. The molecule has 0 heterocycles. The first-order valence-corrected chi connectivity index (χ1v) is 18.7. The Morgan fingerprint density at radius 1 is 1.00 bits per heavy atom. The minimum atomic E-state index is -2.74. The first-order valence-electron chi connectivity index (χ1n) is 17.5. The number of carbonyl (C=O) groups excluding carboxylic acids is 1. The number of quaternary nitrogens is 1. The fourth-order valence-corrected chi connectivity index (χ4v) is 10.1. The highest BCUT2D eigenvalue weighted by atomic mass is 31.1. The van der Waals surface area contributed by atoms with E-state index >= 15 is 0 Å². The average Bonchev–Trinajstić information content (AvgIpc) is 3.29. The van der Waals surface area contributed by atoms with Crippen molar-refractivity contribution in [2.24, 2.45) is 46.3 Å². The number of fused-ring (bicyclic) bond motifs is 5. The van der Waals surface area contributed by atoms with Crippen LogP contribution in [0.15, 0.2) is 11.6 Å². The zero-order valence-corrected chi connectivity index (χ0v) is 30.5. The molecule has 4 aliphatic carbocycles. The molecule has 4 unspecified atom stereocenters. The van der Waals surface area contributed by atoms with Crippen LogP contribution < -0.4 is 0 Å². The highest BCUT2D eigenvalue weighted by molar-refractivity contribution is 7.33.